The van der Waals surface area contributed by atoms with E-state index < -0.39 is 0 Å². The normalized spacial score (nSPS) is 24.1. The fourth-order valence-corrected chi connectivity index (χ4v) is 6.89. The largest absolute Gasteiger partial charge is 0.339 e. The van der Waals surface area contributed by atoms with Crippen LogP contribution in [0.4, 0.5) is 0 Å². The van der Waals surface area contributed by atoms with E-state index in [0.29, 0.717) is 0 Å². The quantitative estimate of drug-likeness (QED) is 0.520. The minimum absolute atomic E-state index is 0. The monoisotopic (exact) mass is 547 g/mol. The first kappa shape index (κ1) is 27.5. The van der Waals surface area contributed by atoms with E-state index in [0.717, 1.165) is 69.7 Å². The number of fused-ring (bicyclic) bond motifs is 4. The van der Waals surface area contributed by atoms with Crippen LogP contribution in [0.1, 0.15) is 60.8 Å². The number of aryl methyl sites for hydroxylation is 2. The molecule has 0 radical (unpaired) electrons. The van der Waals surface area contributed by atoms with Crippen LogP contribution in [0.5, 0.6) is 0 Å². The Kier molecular flexibility index (Phi) is 8.74. The van der Waals surface area contributed by atoms with E-state index in [-0.39, 0.29) is 42.4 Å². The number of amides is 1. The molecule has 2 aromatic carbocycles. The first-order valence-corrected chi connectivity index (χ1v) is 13.4. The van der Waals surface area contributed by atoms with Crippen molar-refractivity contribution in [2.45, 2.75) is 63.1 Å². The molecule has 3 aliphatic heterocycles. The predicted octanol–water partition coefficient (Wildman–Crippen LogP) is 5.88. The maximum Gasteiger partial charge on any atom is 0.241 e. The molecular formula is C29H36Cl3N3O. The molecule has 7 heteroatoms. The Morgan fingerprint density at radius 1 is 0.972 bits per heavy atom. The molecule has 1 N–H and O–H groups in total. The maximum absolute atomic E-state index is 12.9. The van der Waals surface area contributed by atoms with Gasteiger partial charge >= 0.3 is 0 Å². The number of carbonyl (C=O) groups is 1. The van der Waals surface area contributed by atoms with E-state index in [1.165, 1.54) is 40.7 Å². The molecule has 4 nitrogen and oxygen atoms in total. The highest BCUT2D eigenvalue weighted by atomic mass is 35.5. The lowest BCUT2D eigenvalue weighted by Gasteiger charge is -2.45. The van der Waals surface area contributed by atoms with Crippen molar-refractivity contribution in [3.05, 3.63) is 75.8 Å². The van der Waals surface area contributed by atoms with Gasteiger partial charge in [0.1, 0.15) is 5.54 Å². The second kappa shape index (κ2) is 11.4. The minimum atomic E-state index is -0.254. The first-order valence-electron chi connectivity index (χ1n) is 13.0. The first-order chi connectivity index (χ1) is 16.6. The third kappa shape index (κ3) is 4.96. The fourth-order valence-electron chi connectivity index (χ4n) is 6.72. The van der Waals surface area contributed by atoms with Gasteiger partial charge in [0, 0.05) is 31.2 Å². The van der Waals surface area contributed by atoms with Crippen LogP contribution >= 0.6 is 36.4 Å². The van der Waals surface area contributed by atoms with Crippen LogP contribution in [0, 0.1) is 0 Å². The van der Waals surface area contributed by atoms with Gasteiger partial charge < -0.3 is 10.2 Å². The predicted molar refractivity (Wildman–Crippen MR) is 152 cm³/mol. The van der Waals surface area contributed by atoms with Gasteiger partial charge in [-0.15, -0.1) is 24.8 Å². The zero-order valence-corrected chi connectivity index (χ0v) is 23.1. The van der Waals surface area contributed by atoms with E-state index in [1.807, 2.05) is 6.07 Å². The molecule has 1 amide bonds. The third-order valence-electron chi connectivity index (χ3n) is 8.58. The summed E-state index contributed by atoms with van der Waals surface area (Å²) in [6.07, 6.45) is 11.3. The number of hydrogen-bond donors (Lipinski definition) is 1. The maximum atomic E-state index is 12.9. The molecule has 1 spiro atoms. The molecule has 0 saturated carbocycles. The lowest BCUT2D eigenvalue weighted by molar-refractivity contribution is -0.129. The number of likely N-dealkylation sites (tertiary alicyclic amines) is 1. The van der Waals surface area contributed by atoms with E-state index in [4.69, 9.17) is 11.6 Å². The minimum Gasteiger partial charge on any atom is -0.339 e. The second-order valence-electron chi connectivity index (χ2n) is 10.4. The Hall–Kier alpha value is -1.56. The molecule has 6 rings (SSSR count). The van der Waals surface area contributed by atoms with Crippen LogP contribution in [0.25, 0.3) is 5.57 Å². The van der Waals surface area contributed by atoms with Gasteiger partial charge in [0.25, 0.3) is 0 Å². The van der Waals surface area contributed by atoms with Crippen molar-refractivity contribution in [2.75, 3.05) is 26.2 Å². The van der Waals surface area contributed by atoms with Gasteiger partial charge in [-0.3, -0.25) is 9.69 Å². The molecule has 1 atom stereocenters. The number of halogens is 3. The summed E-state index contributed by atoms with van der Waals surface area (Å²) >= 11 is 6.43. The summed E-state index contributed by atoms with van der Waals surface area (Å²) in [7, 11) is 0. The Morgan fingerprint density at radius 2 is 1.72 bits per heavy atom. The van der Waals surface area contributed by atoms with Crippen LogP contribution in [0.15, 0.2) is 48.5 Å². The zero-order valence-electron chi connectivity index (χ0n) is 20.7. The summed E-state index contributed by atoms with van der Waals surface area (Å²) < 4.78 is 0. The molecule has 194 valence electrons. The molecule has 1 aliphatic carbocycles. The molecular weight excluding hydrogens is 513 g/mol. The van der Waals surface area contributed by atoms with E-state index in [2.05, 4.69) is 57.6 Å². The van der Waals surface area contributed by atoms with Crippen LogP contribution in [-0.4, -0.2) is 53.6 Å². The van der Waals surface area contributed by atoms with Crippen LogP contribution < -0.4 is 5.32 Å². The number of nitrogens with zero attached hydrogens (tertiary/aromatic N) is 2. The van der Waals surface area contributed by atoms with Gasteiger partial charge in [-0.2, -0.15) is 0 Å². The number of nitrogens with one attached hydrogen (secondary N) is 1. The smallest absolute Gasteiger partial charge is 0.241 e. The average Bonchev–Trinajstić information content (AvgIpc) is 3.03. The van der Waals surface area contributed by atoms with Gasteiger partial charge in [0.2, 0.25) is 5.91 Å². The summed E-state index contributed by atoms with van der Waals surface area (Å²) in [5.41, 5.74) is 6.51. The molecule has 3 fully saturated rings. The Balaban J connectivity index is 0.00000152. The van der Waals surface area contributed by atoms with Crippen molar-refractivity contribution in [3.8, 4) is 0 Å². The summed E-state index contributed by atoms with van der Waals surface area (Å²) in [4.78, 5) is 18.0. The molecule has 3 saturated heterocycles. The number of carbonyl (C=O) groups excluding carboxylic acids is 1. The van der Waals surface area contributed by atoms with Crippen molar-refractivity contribution in [2.24, 2.45) is 0 Å². The van der Waals surface area contributed by atoms with Gasteiger partial charge in [-0.25, -0.2) is 0 Å². The summed E-state index contributed by atoms with van der Waals surface area (Å²) in [6, 6.07) is 15.2. The standard InChI is InChI=1S/C29H34ClN3O.2ClH/c30-23-13-12-22-11-10-21-6-1-2-7-24(21)25(26(22)20-23)8-5-16-32-18-14-29(15-19-32)28(34)31-27-9-3-4-17-33(27)29;;/h1-2,6-8,12-13,20,27H,3-5,9-11,14-19H2,(H,31,34);2*1H. The molecule has 3 heterocycles. The third-order valence-corrected chi connectivity index (χ3v) is 8.82. The summed E-state index contributed by atoms with van der Waals surface area (Å²) in [5, 5.41) is 4.10. The van der Waals surface area contributed by atoms with Crippen molar-refractivity contribution in [1.29, 1.82) is 0 Å². The topological polar surface area (TPSA) is 35.6 Å². The highest BCUT2D eigenvalue weighted by Gasteiger charge is 2.54. The highest BCUT2D eigenvalue weighted by molar-refractivity contribution is 6.30. The molecule has 1 unspecified atom stereocenters. The number of piperidine rings is 2. The zero-order chi connectivity index (χ0) is 23.1. The second-order valence-corrected chi connectivity index (χ2v) is 10.9. The highest BCUT2D eigenvalue weighted by Crippen LogP contribution is 2.39. The Bertz CT molecular complexity index is 1130. The van der Waals surface area contributed by atoms with E-state index >= 15 is 0 Å². The van der Waals surface area contributed by atoms with Crippen LogP contribution in [-0.2, 0) is 17.6 Å². The van der Waals surface area contributed by atoms with Crippen LogP contribution in [0.3, 0.4) is 0 Å². The Labute approximate surface area is 232 Å². The molecule has 2 aromatic rings. The van der Waals surface area contributed by atoms with E-state index in [9.17, 15) is 4.79 Å². The van der Waals surface area contributed by atoms with Gasteiger partial charge in [-0.05, 0) is 91.3 Å². The number of benzene rings is 2. The van der Waals surface area contributed by atoms with Crippen molar-refractivity contribution >= 4 is 47.9 Å². The van der Waals surface area contributed by atoms with Crippen molar-refractivity contribution in [1.82, 2.24) is 15.1 Å². The van der Waals surface area contributed by atoms with Gasteiger partial charge in [0.15, 0.2) is 0 Å². The van der Waals surface area contributed by atoms with Gasteiger partial charge in [-0.1, -0.05) is 48.0 Å². The van der Waals surface area contributed by atoms with Crippen LogP contribution in [0.2, 0.25) is 5.02 Å². The van der Waals surface area contributed by atoms with Crippen molar-refractivity contribution in [3.63, 3.8) is 0 Å². The SMILES string of the molecule is Cl.Cl.O=C1NC2CCCCN2C12CCN(CCC=C1c3ccccc3CCc3ccc(Cl)cc31)CC2. The molecule has 0 aromatic heterocycles. The van der Waals surface area contributed by atoms with E-state index in [1.54, 1.807) is 0 Å². The number of rotatable bonds is 3. The lowest BCUT2D eigenvalue weighted by Crippen LogP contribution is -2.58. The Morgan fingerprint density at radius 3 is 2.53 bits per heavy atom. The fraction of sp³-hybridized carbons (Fsp3) is 0.483. The lowest BCUT2D eigenvalue weighted by atomic mass is 9.85. The summed E-state index contributed by atoms with van der Waals surface area (Å²) in [6.45, 7) is 4.09. The number of hydrogen-bond acceptors (Lipinski definition) is 3. The summed E-state index contributed by atoms with van der Waals surface area (Å²) in [5.74, 6) is 0.282. The average molecular weight is 549 g/mol. The van der Waals surface area contributed by atoms with Gasteiger partial charge in [0.05, 0.1) is 6.17 Å². The van der Waals surface area contributed by atoms with Crippen molar-refractivity contribution < 1.29 is 4.79 Å². The molecule has 4 aliphatic rings. The molecule has 36 heavy (non-hydrogen) atoms. The molecule has 0 bridgehead atoms.